The molecule has 0 radical (unpaired) electrons. The number of halogens is 2. The summed E-state index contributed by atoms with van der Waals surface area (Å²) in [6.07, 6.45) is -0.891. The van der Waals surface area contributed by atoms with Crippen molar-refractivity contribution in [3.8, 4) is 11.5 Å². The van der Waals surface area contributed by atoms with Crippen LogP contribution in [0.15, 0.2) is 42.5 Å². The highest BCUT2D eigenvalue weighted by molar-refractivity contribution is 6.31. The van der Waals surface area contributed by atoms with E-state index in [2.05, 4.69) is 10.9 Å². The maximum Gasteiger partial charge on any atom is 0.279 e. The molecule has 0 spiro atoms. The van der Waals surface area contributed by atoms with Gasteiger partial charge in [-0.05, 0) is 56.3 Å². The van der Waals surface area contributed by atoms with Crippen LogP contribution in [0.25, 0.3) is 0 Å². The van der Waals surface area contributed by atoms with Crippen molar-refractivity contribution in [2.75, 3.05) is 6.61 Å². The standard InChI is InChI=1S/C18H18ClFN2O4/c1-3-25-13-5-7-14(8-6-13)26-11(2)17(23)21-22-18(24)15-10-12(19)4-9-16(15)20/h4-11H,3H2,1-2H3,(H,21,23)(H,22,24). The number of amides is 2. The zero-order chi connectivity index (χ0) is 19.1. The first kappa shape index (κ1) is 19.5. The predicted octanol–water partition coefficient (Wildman–Crippen LogP) is 3.11. The van der Waals surface area contributed by atoms with Crippen LogP contribution in [-0.2, 0) is 4.79 Å². The summed E-state index contributed by atoms with van der Waals surface area (Å²) in [5, 5.41) is 0.204. The highest BCUT2D eigenvalue weighted by atomic mass is 35.5. The number of rotatable bonds is 6. The lowest BCUT2D eigenvalue weighted by atomic mass is 10.2. The Hall–Kier alpha value is -2.80. The monoisotopic (exact) mass is 380 g/mol. The quantitative estimate of drug-likeness (QED) is 0.755. The molecule has 138 valence electrons. The van der Waals surface area contributed by atoms with Gasteiger partial charge < -0.3 is 9.47 Å². The third-order valence-corrected chi connectivity index (χ3v) is 3.52. The normalized spacial score (nSPS) is 11.4. The molecule has 2 aromatic carbocycles. The first-order chi connectivity index (χ1) is 12.4. The van der Waals surface area contributed by atoms with Crippen molar-refractivity contribution in [3.05, 3.63) is 58.9 Å². The fourth-order valence-corrected chi connectivity index (χ4v) is 2.17. The molecule has 0 fully saturated rings. The van der Waals surface area contributed by atoms with Crippen molar-refractivity contribution >= 4 is 23.4 Å². The van der Waals surface area contributed by atoms with Gasteiger partial charge in [0.25, 0.3) is 11.8 Å². The van der Waals surface area contributed by atoms with Gasteiger partial charge in [0.15, 0.2) is 6.10 Å². The van der Waals surface area contributed by atoms with Crippen LogP contribution in [0.1, 0.15) is 24.2 Å². The van der Waals surface area contributed by atoms with Gasteiger partial charge in [-0.25, -0.2) is 4.39 Å². The van der Waals surface area contributed by atoms with E-state index < -0.39 is 23.7 Å². The number of benzene rings is 2. The predicted molar refractivity (Wildman–Crippen MR) is 94.7 cm³/mol. The van der Waals surface area contributed by atoms with Gasteiger partial charge in [0, 0.05) is 5.02 Å². The zero-order valence-electron chi connectivity index (χ0n) is 14.2. The first-order valence-corrected chi connectivity index (χ1v) is 8.23. The molecule has 1 atom stereocenters. The average molecular weight is 381 g/mol. The van der Waals surface area contributed by atoms with Crippen LogP contribution in [0.2, 0.25) is 5.02 Å². The minimum Gasteiger partial charge on any atom is -0.494 e. The molecule has 0 heterocycles. The smallest absolute Gasteiger partial charge is 0.279 e. The molecule has 0 bridgehead atoms. The molecule has 0 aliphatic rings. The molecule has 26 heavy (non-hydrogen) atoms. The van der Waals surface area contributed by atoms with E-state index >= 15 is 0 Å². The van der Waals surface area contributed by atoms with Crippen LogP contribution in [0.5, 0.6) is 11.5 Å². The van der Waals surface area contributed by atoms with Crippen LogP contribution in [0, 0.1) is 5.82 Å². The van der Waals surface area contributed by atoms with Crippen molar-refractivity contribution in [1.29, 1.82) is 0 Å². The number of hydrazine groups is 1. The van der Waals surface area contributed by atoms with E-state index in [1.165, 1.54) is 13.0 Å². The van der Waals surface area contributed by atoms with E-state index in [9.17, 15) is 14.0 Å². The number of ether oxygens (including phenoxy) is 2. The van der Waals surface area contributed by atoms with Crippen molar-refractivity contribution in [3.63, 3.8) is 0 Å². The molecular formula is C18H18ClFN2O4. The Morgan fingerprint density at radius 1 is 1.12 bits per heavy atom. The van der Waals surface area contributed by atoms with E-state index in [4.69, 9.17) is 21.1 Å². The lowest BCUT2D eigenvalue weighted by Crippen LogP contribution is -2.47. The van der Waals surface area contributed by atoms with Crippen LogP contribution in [0.4, 0.5) is 4.39 Å². The summed E-state index contributed by atoms with van der Waals surface area (Å²) < 4.78 is 24.4. The highest BCUT2D eigenvalue weighted by Gasteiger charge is 2.17. The van der Waals surface area contributed by atoms with Gasteiger partial charge in [0.2, 0.25) is 0 Å². The largest absolute Gasteiger partial charge is 0.494 e. The number of hydrogen-bond donors (Lipinski definition) is 2. The van der Waals surface area contributed by atoms with E-state index in [0.717, 1.165) is 12.1 Å². The Bertz CT molecular complexity index is 783. The van der Waals surface area contributed by atoms with E-state index in [0.29, 0.717) is 18.1 Å². The Morgan fingerprint density at radius 3 is 2.42 bits per heavy atom. The zero-order valence-corrected chi connectivity index (χ0v) is 15.0. The molecule has 8 heteroatoms. The summed E-state index contributed by atoms with van der Waals surface area (Å²) in [5.74, 6) is -1.03. The van der Waals surface area contributed by atoms with E-state index in [-0.39, 0.29) is 10.6 Å². The maximum absolute atomic E-state index is 13.6. The van der Waals surface area contributed by atoms with E-state index in [1.807, 2.05) is 6.92 Å². The Labute approximate surface area is 155 Å². The summed E-state index contributed by atoms with van der Waals surface area (Å²) in [6.45, 7) is 3.93. The summed E-state index contributed by atoms with van der Waals surface area (Å²) in [5.41, 5.74) is 4.02. The van der Waals surface area contributed by atoms with Crippen LogP contribution < -0.4 is 20.3 Å². The van der Waals surface area contributed by atoms with Crippen molar-refractivity contribution in [2.24, 2.45) is 0 Å². The fraction of sp³-hybridized carbons (Fsp3) is 0.222. The second-order valence-corrected chi connectivity index (χ2v) is 5.67. The van der Waals surface area contributed by atoms with Crippen LogP contribution >= 0.6 is 11.6 Å². The molecule has 2 N–H and O–H groups in total. The lowest BCUT2D eigenvalue weighted by Gasteiger charge is -2.15. The highest BCUT2D eigenvalue weighted by Crippen LogP contribution is 2.18. The third kappa shape index (κ3) is 5.35. The summed E-state index contributed by atoms with van der Waals surface area (Å²) in [4.78, 5) is 23.9. The Morgan fingerprint density at radius 2 is 1.77 bits per heavy atom. The Balaban J connectivity index is 1.88. The van der Waals surface area contributed by atoms with Gasteiger partial charge in [-0.1, -0.05) is 11.6 Å². The SMILES string of the molecule is CCOc1ccc(OC(C)C(=O)NNC(=O)c2cc(Cl)ccc2F)cc1. The lowest BCUT2D eigenvalue weighted by molar-refractivity contribution is -0.128. The molecule has 0 aromatic heterocycles. The molecule has 6 nitrogen and oxygen atoms in total. The third-order valence-electron chi connectivity index (χ3n) is 3.29. The van der Waals surface area contributed by atoms with Gasteiger partial charge in [-0.15, -0.1) is 0 Å². The molecule has 2 rings (SSSR count). The fourth-order valence-electron chi connectivity index (χ4n) is 2.00. The number of nitrogens with one attached hydrogen (secondary N) is 2. The van der Waals surface area contributed by atoms with Gasteiger partial charge in [0.1, 0.15) is 17.3 Å². The minimum absolute atomic E-state index is 0.204. The number of carbonyl (C=O) groups is 2. The summed E-state index contributed by atoms with van der Waals surface area (Å²) >= 11 is 5.73. The minimum atomic E-state index is -0.891. The maximum atomic E-state index is 13.6. The Kier molecular flexibility index (Phi) is 6.80. The van der Waals surface area contributed by atoms with Crippen LogP contribution in [-0.4, -0.2) is 24.5 Å². The van der Waals surface area contributed by atoms with Gasteiger partial charge in [-0.2, -0.15) is 0 Å². The molecule has 0 saturated carbocycles. The molecule has 2 amide bonds. The molecule has 0 aliphatic carbocycles. The molecule has 2 aromatic rings. The summed E-state index contributed by atoms with van der Waals surface area (Å²) in [7, 11) is 0. The second-order valence-electron chi connectivity index (χ2n) is 5.23. The van der Waals surface area contributed by atoms with Gasteiger partial charge in [0.05, 0.1) is 12.2 Å². The molecular weight excluding hydrogens is 363 g/mol. The molecule has 0 aliphatic heterocycles. The summed E-state index contributed by atoms with van der Waals surface area (Å²) in [6, 6.07) is 10.3. The second kappa shape index (κ2) is 9.05. The average Bonchev–Trinajstić information content (AvgIpc) is 2.63. The van der Waals surface area contributed by atoms with Crippen LogP contribution in [0.3, 0.4) is 0 Å². The van der Waals surface area contributed by atoms with Gasteiger partial charge in [-0.3, -0.25) is 20.4 Å². The topological polar surface area (TPSA) is 76.7 Å². The molecule has 1 unspecified atom stereocenters. The van der Waals surface area contributed by atoms with E-state index in [1.54, 1.807) is 24.3 Å². The van der Waals surface area contributed by atoms with Gasteiger partial charge >= 0.3 is 0 Å². The number of carbonyl (C=O) groups excluding carboxylic acids is 2. The number of hydrogen-bond acceptors (Lipinski definition) is 4. The molecule has 0 saturated heterocycles. The van der Waals surface area contributed by atoms with Crippen molar-refractivity contribution in [2.45, 2.75) is 20.0 Å². The first-order valence-electron chi connectivity index (χ1n) is 7.85. The van der Waals surface area contributed by atoms with Crippen molar-refractivity contribution in [1.82, 2.24) is 10.9 Å². The van der Waals surface area contributed by atoms with Crippen molar-refractivity contribution < 1.29 is 23.5 Å².